The minimum atomic E-state index is 0.592. The zero-order valence-electron chi connectivity index (χ0n) is 11.4. The number of hydrogen-bond acceptors (Lipinski definition) is 2. The molecular formula is C17H19BrN2. The Balaban J connectivity index is 1.82. The maximum atomic E-state index is 5.87. The minimum absolute atomic E-state index is 0.592. The van der Waals surface area contributed by atoms with Gasteiger partial charge in [0.25, 0.3) is 0 Å². The number of rotatable bonds is 3. The van der Waals surface area contributed by atoms with Crippen LogP contribution in [0.25, 0.3) is 0 Å². The molecule has 0 aromatic heterocycles. The number of nitrogens with zero attached hydrogens (tertiary/aromatic N) is 1. The third-order valence-corrected chi connectivity index (χ3v) is 4.56. The normalized spacial score (nSPS) is 18.5. The van der Waals surface area contributed by atoms with Crippen molar-refractivity contribution in [1.29, 1.82) is 0 Å². The lowest BCUT2D eigenvalue weighted by molar-refractivity contribution is 0.775. The molecule has 0 saturated carbocycles. The minimum Gasteiger partial charge on any atom is -0.371 e. The van der Waals surface area contributed by atoms with E-state index in [9.17, 15) is 0 Å². The second-order valence-electron chi connectivity index (χ2n) is 5.32. The van der Waals surface area contributed by atoms with E-state index in [1.165, 1.54) is 23.2 Å². The number of hydrogen-bond donors (Lipinski definition) is 1. The summed E-state index contributed by atoms with van der Waals surface area (Å²) in [6.07, 6.45) is 1.21. The zero-order chi connectivity index (χ0) is 13.9. The van der Waals surface area contributed by atoms with Gasteiger partial charge in [-0.25, -0.2) is 0 Å². The molecule has 0 radical (unpaired) electrons. The number of halogens is 1. The van der Waals surface area contributed by atoms with E-state index >= 15 is 0 Å². The van der Waals surface area contributed by atoms with E-state index < -0.39 is 0 Å². The second kappa shape index (κ2) is 5.98. The molecule has 0 amide bonds. The van der Waals surface area contributed by atoms with Crippen LogP contribution in [0.4, 0.5) is 5.69 Å². The molecule has 2 aromatic rings. The molecular weight excluding hydrogens is 312 g/mol. The van der Waals surface area contributed by atoms with Gasteiger partial charge in [-0.2, -0.15) is 0 Å². The Morgan fingerprint density at radius 2 is 1.95 bits per heavy atom. The smallest absolute Gasteiger partial charge is 0.0423 e. The summed E-state index contributed by atoms with van der Waals surface area (Å²) in [6.45, 7) is 2.77. The van der Waals surface area contributed by atoms with E-state index in [1.807, 2.05) is 0 Å². The molecule has 0 spiro atoms. The van der Waals surface area contributed by atoms with Crippen LogP contribution < -0.4 is 10.6 Å². The molecule has 0 bridgehead atoms. The van der Waals surface area contributed by atoms with Gasteiger partial charge in [0.15, 0.2) is 0 Å². The van der Waals surface area contributed by atoms with Gasteiger partial charge in [0, 0.05) is 35.7 Å². The molecule has 3 heteroatoms. The summed E-state index contributed by atoms with van der Waals surface area (Å²) in [4.78, 5) is 2.46. The number of nitrogens with two attached hydrogens (primary N) is 1. The molecule has 1 fully saturated rings. The summed E-state index contributed by atoms with van der Waals surface area (Å²) < 4.78 is 1.12. The lowest BCUT2D eigenvalue weighted by Crippen LogP contribution is -2.21. The van der Waals surface area contributed by atoms with Crippen molar-refractivity contribution >= 4 is 21.6 Å². The first-order chi connectivity index (χ1) is 9.78. The van der Waals surface area contributed by atoms with Crippen LogP contribution in [0.15, 0.2) is 53.0 Å². The van der Waals surface area contributed by atoms with Gasteiger partial charge in [-0.3, -0.25) is 0 Å². The van der Waals surface area contributed by atoms with Crippen LogP contribution in [0.5, 0.6) is 0 Å². The number of benzene rings is 2. The molecule has 1 aliphatic rings. The zero-order valence-corrected chi connectivity index (χ0v) is 13.0. The fourth-order valence-electron chi connectivity index (χ4n) is 2.98. The third-order valence-electron chi connectivity index (χ3n) is 4.07. The Kier molecular flexibility index (Phi) is 4.08. The highest BCUT2D eigenvalue weighted by atomic mass is 79.9. The fraction of sp³-hybridized carbons (Fsp3) is 0.294. The summed E-state index contributed by atoms with van der Waals surface area (Å²) in [6, 6.07) is 17.2. The monoisotopic (exact) mass is 330 g/mol. The maximum absolute atomic E-state index is 5.87. The van der Waals surface area contributed by atoms with Crippen molar-refractivity contribution in [1.82, 2.24) is 0 Å². The Morgan fingerprint density at radius 3 is 2.70 bits per heavy atom. The van der Waals surface area contributed by atoms with Crippen LogP contribution in [0.3, 0.4) is 0 Å². The molecule has 2 aromatic carbocycles. The van der Waals surface area contributed by atoms with Crippen molar-refractivity contribution in [3.63, 3.8) is 0 Å². The van der Waals surface area contributed by atoms with Crippen molar-refractivity contribution in [3.8, 4) is 0 Å². The van der Waals surface area contributed by atoms with Crippen LogP contribution in [-0.4, -0.2) is 13.1 Å². The molecule has 1 atom stereocenters. The van der Waals surface area contributed by atoms with Crippen molar-refractivity contribution < 1.29 is 0 Å². The molecule has 1 unspecified atom stereocenters. The van der Waals surface area contributed by atoms with Crippen LogP contribution in [0.1, 0.15) is 23.5 Å². The summed E-state index contributed by atoms with van der Waals surface area (Å²) in [5.74, 6) is 0.626. The topological polar surface area (TPSA) is 29.3 Å². The van der Waals surface area contributed by atoms with Crippen LogP contribution in [0, 0.1) is 0 Å². The first-order valence-electron chi connectivity index (χ1n) is 7.06. The molecule has 1 aliphatic heterocycles. The van der Waals surface area contributed by atoms with E-state index in [-0.39, 0.29) is 0 Å². The van der Waals surface area contributed by atoms with Crippen LogP contribution in [-0.2, 0) is 6.54 Å². The van der Waals surface area contributed by atoms with E-state index in [0.717, 1.165) is 17.6 Å². The van der Waals surface area contributed by atoms with Gasteiger partial charge in [-0.15, -0.1) is 0 Å². The average molecular weight is 331 g/mol. The van der Waals surface area contributed by atoms with Gasteiger partial charge in [-0.1, -0.05) is 52.3 Å². The van der Waals surface area contributed by atoms with Gasteiger partial charge < -0.3 is 10.6 Å². The average Bonchev–Trinajstić information content (AvgIpc) is 2.98. The first kappa shape index (κ1) is 13.7. The quantitative estimate of drug-likeness (QED) is 0.924. The summed E-state index contributed by atoms with van der Waals surface area (Å²) in [5, 5.41) is 0. The van der Waals surface area contributed by atoms with Gasteiger partial charge in [-0.05, 0) is 29.7 Å². The Bertz CT molecular complexity index is 583. The van der Waals surface area contributed by atoms with Gasteiger partial charge >= 0.3 is 0 Å². The molecule has 104 valence electrons. The Hall–Kier alpha value is -1.32. The number of anilines is 1. The van der Waals surface area contributed by atoms with Crippen molar-refractivity contribution in [3.05, 3.63) is 64.1 Å². The first-order valence-corrected chi connectivity index (χ1v) is 7.85. The molecule has 0 aliphatic carbocycles. The molecule has 1 heterocycles. The van der Waals surface area contributed by atoms with Crippen LogP contribution >= 0.6 is 15.9 Å². The van der Waals surface area contributed by atoms with E-state index in [0.29, 0.717) is 12.5 Å². The molecule has 2 N–H and O–H groups in total. The fourth-order valence-corrected chi connectivity index (χ4v) is 3.33. The van der Waals surface area contributed by atoms with E-state index in [1.54, 1.807) is 0 Å². The molecule has 2 nitrogen and oxygen atoms in total. The van der Waals surface area contributed by atoms with Gasteiger partial charge in [0.05, 0.1) is 0 Å². The largest absolute Gasteiger partial charge is 0.371 e. The predicted octanol–water partition coefficient (Wildman–Crippen LogP) is 3.90. The molecule has 3 rings (SSSR count). The van der Waals surface area contributed by atoms with Gasteiger partial charge in [0.1, 0.15) is 0 Å². The lowest BCUT2D eigenvalue weighted by atomic mass is 9.99. The Labute approximate surface area is 128 Å². The highest BCUT2D eigenvalue weighted by Crippen LogP contribution is 2.33. The third kappa shape index (κ3) is 2.74. The second-order valence-corrected chi connectivity index (χ2v) is 6.24. The maximum Gasteiger partial charge on any atom is 0.0423 e. The Morgan fingerprint density at radius 1 is 1.15 bits per heavy atom. The van der Waals surface area contributed by atoms with E-state index in [4.69, 9.17) is 5.73 Å². The van der Waals surface area contributed by atoms with Crippen LogP contribution in [0.2, 0.25) is 0 Å². The van der Waals surface area contributed by atoms with Crippen molar-refractivity contribution in [2.24, 2.45) is 5.73 Å². The molecule has 1 saturated heterocycles. The predicted molar refractivity (Wildman–Crippen MR) is 88.0 cm³/mol. The standard InChI is InChI=1S/C17H19BrN2/c18-16-7-6-14(11-19)17(10-16)20-9-8-15(12-20)13-4-2-1-3-5-13/h1-7,10,15H,8-9,11-12,19H2. The highest BCUT2D eigenvalue weighted by Gasteiger charge is 2.25. The summed E-state index contributed by atoms with van der Waals surface area (Å²) in [5.41, 5.74) is 9.82. The van der Waals surface area contributed by atoms with E-state index in [2.05, 4.69) is 69.4 Å². The lowest BCUT2D eigenvalue weighted by Gasteiger charge is -2.22. The molecule has 20 heavy (non-hydrogen) atoms. The van der Waals surface area contributed by atoms with Crippen molar-refractivity contribution in [2.75, 3.05) is 18.0 Å². The SMILES string of the molecule is NCc1ccc(Br)cc1N1CCC(c2ccccc2)C1. The summed E-state index contributed by atoms with van der Waals surface area (Å²) in [7, 11) is 0. The van der Waals surface area contributed by atoms with Gasteiger partial charge in [0.2, 0.25) is 0 Å². The summed E-state index contributed by atoms with van der Waals surface area (Å²) >= 11 is 3.57. The highest BCUT2D eigenvalue weighted by molar-refractivity contribution is 9.10. The van der Waals surface area contributed by atoms with Crippen molar-refractivity contribution in [2.45, 2.75) is 18.9 Å².